The van der Waals surface area contributed by atoms with Crippen molar-refractivity contribution in [2.45, 2.75) is 51.8 Å². The van der Waals surface area contributed by atoms with Crippen molar-refractivity contribution >= 4 is 0 Å². The molecule has 0 aliphatic heterocycles. The van der Waals surface area contributed by atoms with Crippen LogP contribution < -0.4 is 0 Å². The second-order valence-electron chi connectivity index (χ2n) is 6.03. The molecule has 1 aromatic carbocycles. The number of hydrogen-bond donors (Lipinski definition) is 1. The number of halogens is 3. The van der Waals surface area contributed by atoms with Crippen LogP contribution in [0.1, 0.15) is 48.5 Å². The molecule has 2 rings (SSSR count). The quantitative estimate of drug-likeness (QED) is 0.835. The van der Waals surface area contributed by atoms with Gasteiger partial charge in [0.1, 0.15) is 0 Å². The highest BCUT2D eigenvalue weighted by Crippen LogP contribution is 2.44. The Morgan fingerprint density at radius 2 is 1.70 bits per heavy atom. The summed E-state index contributed by atoms with van der Waals surface area (Å²) in [4.78, 5) is 0. The summed E-state index contributed by atoms with van der Waals surface area (Å²) in [6.45, 7) is 3.87. The zero-order chi connectivity index (χ0) is 14.9. The molecule has 0 spiro atoms. The largest absolute Gasteiger partial charge is 0.391 e. The van der Waals surface area contributed by atoms with Crippen LogP contribution in [0, 0.1) is 25.7 Å². The second kappa shape index (κ2) is 5.76. The Balaban J connectivity index is 2.14. The van der Waals surface area contributed by atoms with Gasteiger partial charge in [0.05, 0.1) is 12.0 Å². The molecule has 1 saturated carbocycles. The number of aliphatic hydroxyl groups excluding tert-OH is 1. The van der Waals surface area contributed by atoms with Crippen molar-refractivity contribution in [3.05, 3.63) is 34.9 Å². The third kappa shape index (κ3) is 3.54. The lowest BCUT2D eigenvalue weighted by Crippen LogP contribution is -2.31. The lowest BCUT2D eigenvalue weighted by atomic mass is 9.76. The van der Waals surface area contributed by atoms with E-state index in [0.717, 1.165) is 16.7 Å². The van der Waals surface area contributed by atoms with Gasteiger partial charge in [-0.15, -0.1) is 0 Å². The molecule has 1 aliphatic carbocycles. The van der Waals surface area contributed by atoms with Gasteiger partial charge in [-0.05, 0) is 44.6 Å². The molecule has 112 valence electrons. The minimum absolute atomic E-state index is 0.0393. The van der Waals surface area contributed by atoms with Crippen molar-refractivity contribution in [1.82, 2.24) is 0 Å². The number of hydrogen-bond acceptors (Lipinski definition) is 1. The number of rotatable bonds is 2. The summed E-state index contributed by atoms with van der Waals surface area (Å²) < 4.78 is 38.5. The first-order valence-corrected chi connectivity index (χ1v) is 7.10. The van der Waals surface area contributed by atoms with Gasteiger partial charge in [-0.25, -0.2) is 0 Å². The van der Waals surface area contributed by atoms with Crippen molar-refractivity contribution in [3.63, 3.8) is 0 Å². The molecule has 4 heteroatoms. The fourth-order valence-electron chi connectivity index (χ4n) is 3.26. The highest BCUT2D eigenvalue weighted by Gasteiger charge is 2.43. The maximum absolute atomic E-state index is 12.8. The van der Waals surface area contributed by atoms with Gasteiger partial charge in [-0.2, -0.15) is 13.2 Å². The molecule has 0 amide bonds. The maximum Gasteiger partial charge on any atom is 0.391 e. The summed E-state index contributed by atoms with van der Waals surface area (Å²) in [5.41, 5.74) is 2.81. The molecule has 3 unspecified atom stereocenters. The van der Waals surface area contributed by atoms with E-state index in [9.17, 15) is 18.3 Å². The molecule has 0 radical (unpaired) electrons. The maximum atomic E-state index is 12.8. The van der Waals surface area contributed by atoms with E-state index in [1.54, 1.807) is 0 Å². The minimum Gasteiger partial charge on any atom is -0.388 e. The van der Waals surface area contributed by atoms with Crippen LogP contribution in [0.25, 0.3) is 0 Å². The van der Waals surface area contributed by atoms with Gasteiger partial charge in [-0.3, -0.25) is 0 Å². The van der Waals surface area contributed by atoms with Gasteiger partial charge in [-0.1, -0.05) is 35.7 Å². The van der Waals surface area contributed by atoms with E-state index < -0.39 is 18.2 Å². The molecule has 0 bridgehead atoms. The summed E-state index contributed by atoms with van der Waals surface area (Å²) in [7, 11) is 0. The molecule has 0 saturated heterocycles. The zero-order valence-corrected chi connectivity index (χ0v) is 11.9. The minimum atomic E-state index is -4.14. The zero-order valence-electron chi connectivity index (χ0n) is 11.9. The van der Waals surface area contributed by atoms with E-state index in [0.29, 0.717) is 12.8 Å². The van der Waals surface area contributed by atoms with Crippen molar-refractivity contribution in [3.8, 4) is 0 Å². The Bertz CT molecular complexity index is 447. The fraction of sp³-hybridized carbons (Fsp3) is 0.625. The van der Waals surface area contributed by atoms with Gasteiger partial charge in [0.15, 0.2) is 0 Å². The SMILES string of the molecule is Cc1cc(C)cc(C(O)C2CCCC(C(F)(F)F)C2)c1. The summed E-state index contributed by atoms with van der Waals surface area (Å²) in [5.74, 6) is -1.56. The molecule has 1 N–H and O–H groups in total. The first kappa shape index (κ1) is 15.4. The topological polar surface area (TPSA) is 20.2 Å². The van der Waals surface area contributed by atoms with Crippen molar-refractivity contribution in [2.75, 3.05) is 0 Å². The van der Waals surface area contributed by atoms with Crippen LogP contribution in [-0.2, 0) is 0 Å². The van der Waals surface area contributed by atoms with Gasteiger partial charge in [0.25, 0.3) is 0 Å². The van der Waals surface area contributed by atoms with Gasteiger partial charge >= 0.3 is 6.18 Å². The van der Waals surface area contributed by atoms with Crippen LogP contribution in [0.3, 0.4) is 0 Å². The average Bonchev–Trinajstić information content (AvgIpc) is 2.36. The van der Waals surface area contributed by atoms with E-state index in [-0.39, 0.29) is 18.8 Å². The van der Waals surface area contributed by atoms with Crippen LogP contribution in [0.2, 0.25) is 0 Å². The monoisotopic (exact) mass is 286 g/mol. The molecule has 1 fully saturated rings. The van der Waals surface area contributed by atoms with Gasteiger partial charge in [0.2, 0.25) is 0 Å². The Morgan fingerprint density at radius 1 is 1.10 bits per heavy atom. The molecular weight excluding hydrogens is 265 g/mol. The second-order valence-corrected chi connectivity index (χ2v) is 6.03. The highest BCUT2D eigenvalue weighted by molar-refractivity contribution is 5.30. The lowest BCUT2D eigenvalue weighted by molar-refractivity contribution is -0.189. The third-order valence-electron chi connectivity index (χ3n) is 4.21. The Hall–Kier alpha value is -1.03. The van der Waals surface area contributed by atoms with Crippen molar-refractivity contribution in [2.24, 2.45) is 11.8 Å². The van der Waals surface area contributed by atoms with E-state index >= 15 is 0 Å². The number of aliphatic hydroxyl groups is 1. The molecular formula is C16H21F3O. The van der Waals surface area contributed by atoms with Crippen molar-refractivity contribution in [1.29, 1.82) is 0 Å². The lowest BCUT2D eigenvalue weighted by Gasteiger charge is -2.33. The van der Waals surface area contributed by atoms with Crippen LogP contribution in [0.4, 0.5) is 13.2 Å². The predicted molar refractivity (Wildman–Crippen MR) is 72.4 cm³/mol. The molecule has 0 aromatic heterocycles. The highest BCUT2D eigenvalue weighted by atomic mass is 19.4. The van der Waals surface area contributed by atoms with E-state index in [4.69, 9.17) is 0 Å². The smallest absolute Gasteiger partial charge is 0.388 e. The molecule has 1 nitrogen and oxygen atoms in total. The fourth-order valence-corrected chi connectivity index (χ4v) is 3.26. The summed E-state index contributed by atoms with van der Waals surface area (Å²) in [5, 5.41) is 10.4. The molecule has 0 heterocycles. The predicted octanol–water partition coefficient (Wildman–Crippen LogP) is 4.71. The third-order valence-corrected chi connectivity index (χ3v) is 4.21. The van der Waals surface area contributed by atoms with Gasteiger partial charge in [0, 0.05) is 0 Å². The van der Waals surface area contributed by atoms with E-state index in [2.05, 4.69) is 0 Å². The average molecular weight is 286 g/mol. The van der Waals surface area contributed by atoms with Crippen LogP contribution >= 0.6 is 0 Å². The van der Waals surface area contributed by atoms with Crippen LogP contribution in [0.5, 0.6) is 0 Å². The summed E-state index contributed by atoms with van der Waals surface area (Å²) in [6.07, 6.45) is -3.49. The van der Waals surface area contributed by atoms with Crippen LogP contribution in [-0.4, -0.2) is 11.3 Å². The molecule has 3 atom stereocenters. The van der Waals surface area contributed by atoms with Gasteiger partial charge < -0.3 is 5.11 Å². The first-order chi connectivity index (χ1) is 9.27. The summed E-state index contributed by atoms with van der Waals surface area (Å²) in [6, 6.07) is 5.74. The molecule has 20 heavy (non-hydrogen) atoms. The number of alkyl halides is 3. The Labute approximate surface area is 117 Å². The normalized spacial score (nSPS) is 25.5. The molecule has 1 aromatic rings. The first-order valence-electron chi connectivity index (χ1n) is 7.10. The Morgan fingerprint density at radius 3 is 2.25 bits per heavy atom. The van der Waals surface area contributed by atoms with Crippen LogP contribution in [0.15, 0.2) is 18.2 Å². The summed E-state index contributed by atoms with van der Waals surface area (Å²) >= 11 is 0. The standard InChI is InChI=1S/C16H21F3O/c1-10-6-11(2)8-13(7-10)15(20)12-4-3-5-14(9-12)16(17,18)19/h6-8,12,14-15,20H,3-5,9H2,1-2H3. The number of aryl methyl sites for hydroxylation is 2. The molecule has 1 aliphatic rings. The van der Waals surface area contributed by atoms with Crippen molar-refractivity contribution < 1.29 is 18.3 Å². The number of benzene rings is 1. The van der Waals surface area contributed by atoms with E-state index in [1.165, 1.54) is 0 Å². The Kier molecular flexibility index (Phi) is 4.43. The van der Waals surface area contributed by atoms with E-state index in [1.807, 2.05) is 32.0 Å².